The SMILES string of the molecule is O=C(O)C(CCS)NS(=O)(=O)CCc1ccccn1. The lowest BCUT2D eigenvalue weighted by atomic mass is 10.2. The number of carboxylic acids is 1. The second-order valence-corrected chi connectivity index (χ2v) is 6.23. The van der Waals surface area contributed by atoms with Crippen LogP contribution in [0.3, 0.4) is 0 Å². The van der Waals surface area contributed by atoms with Gasteiger partial charge in [-0.2, -0.15) is 12.6 Å². The summed E-state index contributed by atoms with van der Waals surface area (Å²) < 4.78 is 25.7. The minimum Gasteiger partial charge on any atom is -0.480 e. The Kier molecular flexibility index (Phi) is 6.26. The van der Waals surface area contributed by atoms with Crippen LogP contribution >= 0.6 is 12.6 Å². The third-order valence-corrected chi connectivity index (χ3v) is 4.03. The van der Waals surface area contributed by atoms with Gasteiger partial charge in [-0.3, -0.25) is 9.78 Å². The van der Waals surface area contributed by atoms with E-state index in [1.165, 1.54) is 0 Å². The number of aromatic nitrogens is 1. The highest BCUT2D eigenvalue weighted by atomic mass is 32.2. The molecular formula is C11H16N2O4S2. The highest BCUT2D eigenvalue weighted by Crippen LogP contribution is 2.01. The van der Waals surface area contributed by atoms with E-state index in [1.807, 2.05) is 0 Å². The second kappa shape index (κ2) is 7.46. The Balaban J connectivity index is 2.58. The number of hydrogen-bond donors (Lipinski definition) is 3. The molecule has 0 spiro atoms. The van der Waals surface area contributed by atoms with Crippen LogP contribution in [0.2, 0.25) is 0 Å². The number of nitrogens with zero attached hydrogens (tertiary/aromatic N) is 1. The quantitative estimate of drug-likeness (QED) is 0.601. The maximum atomic E-state index is 11.8. The number of carbonyl (C=O) groups is 1. The van der Waals surface area contributed by atoms with Crippen LogP contribution in [0.15, 0.2) is 24.4 Å². The van der Waals surface area contributed by atoms with Gasteiger partial charge in [0, 0.05) is 18.3 Å². The number of aryl methyl sites for hydroxylation is 1. The van der Waals surface area contributed by atoms with E-state index in [2.05, 4.69) is 22.3 Å². The van der Waals surface area contributed by atoms with E-state index >= 15 is 0 Å². The van der Waals surface area contributed by atoms with Crippen LogP contribution in [0.4, 0.5) is 0 Å². The summed E-state index contributed by atoms with van der Waals surface area (Å²) >= 11 is 3.91. The predicted molar refractivity (Wildman–Crippen MR) is 74.8 cm³/mol. The van der Waals surface area contributed by atoms with Gasteiger partial charge in [0.1, 0.15) is 6.04 Å². The second-order valence-electron chi connectivity index (χ2n) is 3.91. The van der Waals surface area contributed by atoms with Crippen molar-refractivity contribution in [2.45, 2.75) is 18.9 Å². The molecule has 1 aromatic rings. The van der Waals surface area contributed by atoms with Crippen LogP contribution in [0, 0.1) is 0 Å². The van der Waals surface area contributed by atoms with Crippen molar-refractivity contribution in [3.05, 3.63) is 30.1 Å². The van der Waals surface area contributed by atoms with Gasteiger partial charge in [0.15, 0.2) is 0 Å². The molecule has 0 aromatic carbocycles. The van der Waals surface area contributed by atoms with E-state index in [0.717, 1.165) is 0 Å². The summed E-state index contributed by atoms with van der Waals surface area (Å²) in [5.41, 5.74) is 0.647. The van der Waals surface area contributed by atoms with Gasteiger partial charge in [-0.25, -0.2) is 13.1 Å². The lowest BCUT2D eigenvalue weighted by Crippen LogP contribution is -2.42. The third-order valence-electron chi connectivity index (χ3n) is 2.39. The molecule has 2 N–H and O–H groups in total. The first-order valence-electron chi connectivity index (χ1n) is 5.68. The van der Waals surface area contributed by atoms with Crippen molar-refractivity contribution >= 4 is 28.6 Å². The Morgan fingerprint density at radius 1 is 1.47 bits per heavy atom. The number of thiol groups is 1. The Morgan fingerprint density at radius 3 is 2.74 bits per heavy atom. The van der Waals surface area contributed by atoms with Gasteiger partial charge in [-0.15, -0.1) is 0 Å². The van der Waals surface area contributed by atoms with E-state index in [9.17, 15) is 13.2 Å². The standard InChI is InChI=1S/C11H16N2O4S2/c14-11(15)10(4-7-18)13-19(16,17)8-5-9-3-1-2-6-12-9/h1-3,6,10,13,18H,4-5,7-8H2,(H,14,15). The first kappa shape index (κ1) is 15.9. The fourth-order valence-corrected chi connectivity index (χ4v) is 2.93. The molecule has 0 radical (unpaired) electrons. The van der Waals surface area contributed by atoms with Gasteiger partial charge >= 0.3 is 5.97 Å². The molecule has 0 amide bonds. The monoisotopic (exact) mass is 304 g/mol. The van der Waals surface area contributed by atoms with E-state index in [1.54, 1.807) is 24.4 Å². The smallest absolute Gasteiger partial charge is 0.321 e. The zero-order chi connectivity index (χ0) is 14.3. The summed E-state index contributed by atoms with van der Waals surface area (Å²) in [6.07, 6.45) is 1.96. The molecule has 1 rings (SSSR count). The Hall–Kier alpha value is -1.12. The number of nitrogens with one attached hydrogen (secondary N) is 1. The van der Waals surface area contributed by atoms with Crippen molar-refractivity contribution in [1.29, 1.82) is 0 Å². The number of carboxylic acid groups (broad SMARTS) is 1. The normalized spacial score (nSPS) is 13.1. The van der Waals surface area contributed by atoms with E-state index in [0.29, 0.717) is 11.4 Å². The molecule has 8 heteroatoms. The average molecular weight is 304 g/mol. The molecule has 0 saturated heterocycles. The summed E-state index contributed by atoms with van der Waals surface area (Å²) in [5.74, 6) is -1.10. The zero-order valence-corrected chi connectivity index (χ0v) is 11.9. The number of hydrogen-bond acceptors (Lipinski definition) is 5. The van der Waals surface area contributed by atoms with E-state index in [4.69, 9.17) is 5.11 Å². The maximum Gasteiger partial charge on any atom is 0.321 e. The minimum absolute atomic E-state index is 0.140. The Labute approximate surface area is 117 Å². The van der Waals surface area contributed by atoms with Crippen LogP contribution in [0.25, 0.3) is 0 Å². The summed E-state index contributed by atoms with van der Waals surface area (Å²) in [6.45, 7) is 0. The molecule has 0 aliphatic carbocycles. The van der Waals surface area contributed by atoms with Gasteiger partial charge in [0.05, 0.1) is 5.75 Å². The summed E-state index contributed by atoms with van der Waals surface area (Å²) in [6, 6.07) is 4.09. The number of rotatable bonds is 8. The largest absolute Gasteiger partial charge is 0.480 e. The molecule has 0 bridgehead atoms. The highest BCUT2D eigenvalue weighted by Gasteiger charge is 2.23. The molecule has 106 valence electrons. The number of pyridine rings is 1. The number of sulfonamides is 1. The van der Waals surface area contributed by atoms with Crippen molar-refractivity contribution in [3.8, 4) is 0 Å². The van der Waals surface area contributed by atoms with Gasteiger partial charge in [-0.05, 0) is 24.3 Å². The summed E-state index contributed by atoms with van der Waals surface area (Å²) in [7, 11) is -3.65. The molecule has 0 aliphatic rings. The molecular weight excluding hydrogens is 288 g/mol. The Bertz CT molecular complexity index is 505. The molecule has 1 atom stereocenters. The molecule has 1 heterocycles. The number of aliphatic carboxylic acids is 1. The summed E-state index contributed by atoms with van der Waals surface area (Å²) in [5, 5.41) is 8.88. The molecule has 0 fully saturated rings. The first-order chi connectivity index (χ1) is 8.94. The van der Waals surface area contributed by atoms with Crippen LogP contribution in [0.5, 0.6) is 0 Å². The lowest BCUT2D eigenvalue weighted by Gasteiger charge is -2.13. The third kappa shape index (κ3) is 6.04. The van der Waals surface area contributed by atoms with Gasteiger partial charge in [0.25, 0.3) is 0 Å². The van der Waals surface area contributed by atoms with Crippen molar-refractivity contribution in [1.82, 2.24) is 9.71 Å². The topological polar surface area (TPSA) is 96.4 Å². The summed E-state index contributed by atoms with van der Waals surface area (Å²) in [4.78, 5) is 14.9. The van der Waals surface area contributed by atoms with E-state index in [-0.39, 0.29) is 18.6 Å². The fraction of sp³-hybridized carbons (Fsp3) is 0.455. The van der Waals surface area contributed by atoms with Gasteiger partial charge in [0.2, 0.25) is 10.0 Å². The minimum atomic E-state index is -3.65. The van der Waals surface area contributed by atoms with E-state index < -0.39 is 22.0 Å². The van der Waals surface area contributed by atoms with Crippen molar-refractivity contribution in [2.24, 2.45) is 0 Å². The average Bonchev–Trinajstić information content (AvgIpc) is 2.37. The van der Waals surface area contributed by atoms with Crippen LogP contribution in [-0.2, 0) is 21.2 Å². The lowest BCUT2D eigenvalue weighted by molar-refractivity contribution is -0.139. The molecule has 1 aromatic heterocycles. The van der Waals surface area contributed by atoms with Crippen molar-refractivity contribution in [2.75, 3.05) is 11.5 Å². The Morgan fingerprint density at radius 2 is 2.21 bits per heavy atom. The molecule has 0 saturated carbocycles. The fourth-order valence-electron chi connectivity index (χ4n) is 1.42. The van der Waals surface area contributed by atoms with Gasteiger partial charge in [-0.1, -0.05) is 6.07 Å². The molecule has 0 aliphatic heterocycles. The zero-order valence-electron chi connectivity index (χ0n) is 10.2. The molecule has 6 nitrogen and oxygen atoms in total. The maximum absolute atomic E-state index is 11.8. The first-order valence-corrected chi connectivity index (χ1v) is 7.96. The van der Waals surface area contributed by atoms with Crippen LogP contribution < -0.4 is 4.72 Å². The van der Waals surface area contributed by atoms with Gasteiger partial charge < -0.3 is 5.11 Å². The molecule has 1 unspecified atom stereocenters. The van der Waals surface area contributed by atoms with Crippen LogP contribution in [-0.4, -0.2) is 42.0 Å². The van der Waals surface area contributed by atoms with Crippen molar-refractivity contribution < 1.29 is 18.3 Å². The molecule has 19 heavy (non-hydrogen) atoms. The predicted octanol–water partition coefficient (Wildman–Crippen LogP) is 0.317. The van der Waals surface area contributed by atoms with Crippen LogP contribution in [0.1, 0.15) is 12.1 Å². The van der Waals surface area contributed by atoms with Crippen molar-refractivity contribution in [3.63, 3.8) is 0 Å². The highest BCUT2D eigenvalue weighted by molar-refractivity contribution is 7.89.